The molecule has 0 aliphatic carbocycles. The lowest BCUT2D eigenvalue weighted by atomic mass is 10.0. The molecule has 1 rings (SSSR count). The van der Waals surface area contributed by atoms with Crippen LogP contribution in [0.15, 0.2) is 16.7 Å². The fraction of sp³-hybridized carbons (Fsp3) is 0.500. The van der Waals surface area contributed by atoms with Gasteiger partial charge in [-0.15, -0.1) is 0 Å². The molecule has 5 nitrogen and oxygen atoms in total. The molecule has 1 heterocycles. The number of hydrogen-bond donors (Lipinski definition) is 4. The third-order valence-corrected chi connectivity index (χ3v) is 2.88. The van der Waals surface area contributed by atoms with Crippen LogP contribution in [0, 0.1) is 0 Å². The van der Waals surface area contributed by atoms with Crippen molar-refractivity contribution in [3.8, 4) is 0 Å². The fourth-order valence-corrected chi connectivity index (χ4v) is 1.61. The Balaban J connectivity index is 3.21. The van der Waals surface area contributed by atoms with Gasteiger partial charge in [0.05, 0.1) is 25.4 Å². The summed E-state index contributed by atoms with van der Waals surface area (Å²) >= 11 is 2.88. The van der Waals surface area contributed by atoms with Crippen molar-refractivity contribution in [2.24, 2.45) is 0 Å². The molecule has 0 spiro atoms. The molecular formula is C10H12BrF3N2O3. The molecule has 4 N–H and O–H groups in total. The molecule has 0 amide bonds. The van der Waals surface area contributed by atoms with Gasteiger partial charge in [-0.25, -0.2) is 4.98 Å². The molecular weight excluding hydrogens is 333 g/mol. The second kappa shape index (κ2) is 6.04. The summed E-state index contributed by atoms with van der Waals surface area (Å²) in [6, 6.07) is 0.812. The highest BCUT2D eigenvalue weighted by atomic mass is 79.9. The van der Waals surface area contributed by atoms with E-state index in [2.05, 4.69) is 26.2 Å². The third kappa shape index (κ3) is 3.78. The number of nitrogens with zero attached hydrogens (tertiary/aromatic N) is 1. The predicted octanol–water partition coefficient (Wildman–Crippen LogP) is 0.990. The molecule has 0 radical (unpaired) electrons. The van der Waals surface area contributed by atoms with Crippen LogP contribution in [0.2, 0.25) is 0 Å². The van der Waals surface area contributed by atoms with Crippen molar-refractivity contribution in [2.75, 3.05) is 25.1 Å². The Labute approximate surface area is 115 Å². The second-order valence-electron chi connectivity index (χ2n) is 3.93. The number of aliphatic hydroxyl groups excluding tert-OH is 3. The minimum absolute atomic E-state index is 0.132. The van der Waals surface area contributed by atoms with Gasteiger partial charge in [0.25, 0.3) is 0 Å². The summed E-state index contributed by atoms with van der Waals surface area (Å²) in [5.41, 5.74) is -2.75. The van der Waals surface area contributed by atoms with Crippen LogP contribution < -0.4 is 5.32 Å². The monoisotopic (exact) mass is 344 g/mol. The summed E-state index contributed by atoms with van der Waals surface area (Å²) in [5, 5.41) is 29.5. The van der Waals surface area contributed by atoms with Crippen LogP contribution >= 0.6 is 15.9 Å². The molecule has 0 bridgehead atoms. The first kappa shape index (κ1) is 16.2. The van der Waals surface area contributed by atoms with Crippen LogP contribution in [0.5, 0.6) is 0 Å². The molecule has 1 aromatic rings. The topological polar surface area (TPSA) is 85.6 Å². The van der Waals surface area contributed by atoms with E-state index < -0.39 is 42.9 Å². The molecule has 0 fully saturated rings. The van der Waals surface area contributed by atoms with E-state index in [4.69, 9.17) is 15.3 Å². The summed E-state index contributed by atoms with van der Waals surface area (Å²) in [4.78, 5) is 3.56. The number of aromatic nitrogens is 1. The van der Waals surface area contributed by atoms with E-state index in [1.165, 1.54) is 0 Å². The van der Waals surface area contributed by atoms with Gasteiger partial charge < -0.3 is 20.6 Å². The number of halogens is 4. The largest absolute Gasteiger partial charge is 0.419 e. The van der Waals surface area contributed by atoms with Crippen molar-refractivity contribution in [1.29, 1.82) is 0 Å². The van der Waals surface area contributed by atoms with Crippen molar-refractivity contribution in [2.45, 2.75) is 11.7 Å². The van der Waals surface area contributed by atoms with Gasteiger partial charge in [0.15, 0.2) is 0 Å². The maximum atomic E-state index is 12.8. The predicted molar refractivity (Wildman–Crippen MR) is 64.6 cm³/mol. The lowest BCUT2D eigenvalue weighted by Crippen LogP contribution is -2.49. The highest BCUT2D eigenvalue weighted by molar-refractivity contribution is 9.10. The van der Waals surface area contributed by atoms with Crippen molar-refractivity contribution in [3.05, 3.63) is 22.3 Å². The fourth-order valence-electron chi connectivity index (χ4n) is 1.27. The molecule has 0 saturated heterocycles. The maximum Gasteiger partial charge on any atom is 0.419 e. The number of aliphatic hydroxyl groups is 3. The molecule has 108 valence electrons. The average Bonchev–Trinajstić information content (AvgIpc) is 2.37. The van der Waals surface area contributed by atoms with Gasteiger partial charge in [-0.05, 0) is 22.0 Å². The zero-order valence-corrected chi connectivity index (χ0v) is 11.2. The van der Waals surface area contributed by atoms with Crippen LogP contribution in [0.3, 0.4) is 0 Å². The molecule has 0 atom stereocenters. The van der Waals surface area contributed by atoms with E-state index in [9.17, 15) is 13.2 Å². The van der Waals surface area contributed by atoms with Gasteiger partial charge in [0.2, 0.25) is 0 Å². The minimum Gasteiger partial charge on any atom is -0.394 e. The number of pyridine rings is 1. The van der Waals surface area contributed by atoms with E-state index in [1.54, 1.807) is 0 Å². The van der Waals surface area contributed by atoms with E-state index in [0.717, 1.165) is 12.3 Å². The summed E-state index contributed by atoms with van der Waals surface area (Å²) in [6.07, 6.45) is -3.53. The molecule has 1 aromatic heterocycles. The molecule has 0 aromatic carbocycles. The van der Waals surface area contributed by atoms with Gasteiger partial charge in [-0.2, -0.15) is 13.2 Å². The third-order valence-electron chi connectivity index (χ3n) is 2.45. The normalized spacial score (nSPS) is 12.6. The van der Waals surface area contributed by atoms with Crippen LogP contribution in [0.4, 0.5) is 19.0 Å². The van der Waals surface area contributed by atoms with E-state index in [-0.39, 0.29) is 4.47 Å². The smallest absolute Gasteiger partial charge is 0.394 e. The zero-order chi connectivity index (χ0) is 14.7. The average molecular weight is 345 g/mol. The molecule has 0 unspecified atom stereocenters. The second-order valence-corrected chi connectivity index (χ2v) is 4.84. The Morgan fingerprint density at radius 2 is 1.68 bits per heavy atom. The van der Waals surface area contributed by atoms with E-state index in [1.807, 2.05) is 0 Å². The van der Waals surface area contributed by atoms with Gasteiger partial charge in [0, 0.05) is 10.7 Å². The van der Waals surface area contributed by atoms with Crippen LogP contribution in [-0.4, -0.2) is 45.7 Å². The van der Waals surface area contributed by atoms with Gasteiger partial charge in [-0.1, -0.05) is 0 Å². The first-order valence-corrected chi connectivity index (χ1v) is 5.91. The lowest BCUT2D eigenvalue weighted by molar-refractivity contribution is -0.137. The van der Waals surface area contributed by atoms with E-state index >= 15 is 0 Å². The van der Waals surface area contributed by atoms with Crippen molar-refractivity contribution < 1.29 is 28.5 Å². The highest BCUT2D eigenvalue weighted by Crippen LogP contribution is 2.36. The standard InChI is InChI=1S/C10H12BrF3N2O3/c11-6-1-7(10(12,13)14)8(15-2-6)16-9(3-17,4-18)5-19/h1-2,17-19H,3-5H2,(H,15,16). The highest BCUT2D eigenvalue weighted by Gasteiger charge is 2.37. The Kier molecular flexibility index (Phi) is 5.13. The molecule has 0 aliphatic rings. The zero-order valence-electron chi connectivity index (χ0n) is 9.58. The van der Waals surface area contributed by atoms with Crippen LogP contribution in [0.25, 0.3) is 0 Å². The van der Waals surface area contributed by atoms with Crippen molar-refractivity contribution in [3.63, 3.8) is 0 Å². The number of anilines is 1. The summed E-state index contributed by atoms with van der Waals surface area (Å²) in [6.45, 7) is -2.26. The van der Waals surface area contributed by atoms with Gasteiger partial charge in [-0.3, -0.25) is 0 Å². The Morgan fingerprint density at radius 1 is 1.16 bits per heavy atom. The lowest BCUT2D eigenvalue weighted by Gasteiger charge is -2.30. The van der Waals surface area contributed by atoms with Gasteiger partial charge in [0.1, 0.15) is 11.4 Å². The Bertz CT molecular complexity index is 430. The first-order valence-electron chi connectivity index (χ1n) is 5.11. The number of hydrogen-bond acceptors (Lipinski definition) is 5. The number of alkyl halides is 3. The minimum atomic E-state index is -4.66. The summed E-state index contributed by atoms with van der Waals surface area (Å²) < 4.78 is 38.6. The summed E-state index contributed by atoms with van der Waals surface area (Å²) in [7, 11) is 0. The van der Waals surface area contributed by atoms with Crippen LogP contribution in [0.1, 0.15) is 5.56 Å². The molecule has 9 heteroatoms. The van der Waals surface area contributed by atoms with Crippen molar-refractivity contribution >= 4 is 21.7 Å². The van der Waals surface area contributed by atoms with Crippen LogP contribution in [-0.2, 0) is 6.18 Å². The number of nitrogens with one attached hydrogen (secondary N) is 1. The Hall–Kier alpha value is -0.900. The Morgan fingerprint density at radius 3 is 2.11 bits per heavy atom. The molecule has 0 saturated carbocycles. The number of rotatable bonds is 5. The first-order chi connectivity index (χ1) is 8.78. The SMILES string of the molecule is OCC(CO)(CO)Nc1ncc(Br)cc1C(F)(F)F. The van der Waals surface area contributed by atoms with Crippen molar-refractivity contribution in [1.82, 2.24) is 4.98 Å². The maximum absolute atomic E-state index is 12.8. The quantitative estimate of drug-likeness (QED) is 0.640. The molecule has 0 aliphatic heterocycles. The summed E-state index contributed by atoms with van der Waals surface area (Å²) in [5.74, 6) is -0.576. The van der Waals surface area contributed by atoms with Gasteiger partial charge >= 0.3 is 6.18 Å². The van der Waals surface area contributed by atoms with E-state index in [0.29, 0.717) is 0 Å². The molecule has 19 heavy (non-hydrogen) atoms.